The Morgan fingerprint density at radius 2 is 2.25 bits per heavy atom. The van der Waals surface area contributed by atoms with Crippen molar-refractivity contribution in [3.8, 4) is 0 Å². The zero-order valence-corrected chi connectivity index (χ0v) is 7.19. The van der Waals surface area contributed by atoms with Gasteiger partial charge in [-0.25, -0.2) is 8.42 Å². The fourth-order valence-electron chi connectivity index (χ4n) is 0.534. The van der Waals surface area contributed by atoms with E-state index in [4.69, 9.17) is 0 Å². The molecule has 0 saturated heterocycles. The quantitative estimate of drug-likeness (QED) is 0.648. The Labute approximate surface area is 70.2 Å². The number of pyridine rings is 1. The molecule has 0 saturated carbocycles. The third-order valence-electron chi connectivity index (χ3n) is 0.951. The van der Waals surface area contributed by atoms with Gasteiger partial charge in [-0.2, -0.15) is 0 Å². The molecule has 1 rings (SSSR count). The van der Waals surface area contributed by atoms with Crippen LogP contribution in [0.3, 0.4) is 0 Å². The first-order chi connectivity index (χ1) is 5.58. The van der Waals surface area contributed by atoms with Crippen LogP contribution in [0.15, 0.2) is 34.2 Å². The van der Waals surface area contributed by atoms with Gasteiger partial charge in [-0.1, -0.05) is 4.52 Å². The highest BCUT2D eigenvalue weighted by Crippen LogP contribution is 2.08. The molecule has 0 aliphatic rings. The highest BCUT2D eigenvalue weighted by atomic mass is 32.2. The van der Waals surface area contributed by atoms with Crippen LogP contribution >= 0.6 is 0 Å². The summed E-state index contributed by atoms with van der Waals surface area (Å²) >= 11 is 0. The maximum absolute atomic E-state index is 10.5. The Morgan fingerprint density at radius 1 is 1.50 bits per heavy atom. The molecular weight excluding hydrogens is 178 g/mol. The lowest BCUT2D eigenvalue weighted by Crippen LogP contribution is -1.86. The lowest BCUT2D eigenvalue weighted by Gasteiger charge is -1.87. The van der Waals surface area contributed by atoms with Crippen molar-refractivity contribution in [2.24, 2.45) is 9.63 Å². The Morgan fingerprint density at radius 3 is 2.75 bits per heavy atom. The van der Waals surface area contributed by atoms with Crippen LogP contribution in [-0.4, -0.2) is 19.7 Å². The second-order valence-corrected chi connectivity index (χ2v) is 3.76. The number of sulfonamides is 1. The molecule has 1 aromatic rings. The van der Waals surface area contributed by atoms with Gasteiger partial charge in [0.25, 0.3) is 10.0 Å². The van der Waals surface area contributed by atoms with Crippen LogP contribution in [0.5, 0.6) is 0 Å². The van der Waals surface area contributed by atoms with E-state index in [2.05, 4.69) is 14.6 Å². The molecule has 64 valence electrons. The second-order valence-electron chi connectivity index (χ2n) is 2.13. The summed E-state index contributed by atoms with van der Waals surface area (Å²) in [7, 11) is -3.39. The molecule has 0 aromatic carbocycles. The predicted octanol–water partition coefficient (Wildman–Crippen LogP) is 1.12. The zero-order valence-electron chi connectivity index (χ0n) is 6.38. The highest BCUT2D eigenvalue weighted by Gasteiger charge is 1.94. The number of hydrogen-bond donors (Lipinski definition) is 0. The van der Waals surface area contributed by atoms with Crippen LogP contribution < -0.4 is 0 Å². The minimum Gasteiger partial charge on any atom is -0.262 e. The van der Waals surface area contributed by atoms with Gasteiger partial charge in [-0.05, 0) is 12.1 Å². The van der Waals surface area contributed by atoms with Gasteiger partial charge >= 0.3 is 0 Å². The van der Waals surface area contributed by atoms with Crippen molar-refractivity contribution in [3.63, 3.8) is 0 Å². The third-order valence-corrected chi connectivity index (χ3v) is 1.33. The Balaban J connectivity index is 2.85. The van der Waals surface area contributed by atoms with Crippen molar-refractivity contribution in [1.82, 2.24) is 4.98 Å². The van der Waals surface area contributed by atoms with Crippen molar-refractivity contribution in [2.75, 3.05) is 6.26 Å². The number of rotatable bonds is 2. The summed E-state index contributed by atoms with van der Waals surface area (Å²) in [5.41, 5.74) is 0.419. The fraction of sp³-hybridized carbons (Fsp3) is 0.167. The summed E-state index contributed by atoms with van der Waals surface area (Å²) in [6.45, 7) is 0. The zero-order chi connectivity index (χ0) is 9.03. The van der Waals surface area contributed by atoms with Crippen LogP contribution in [0.1, 0.15) is 0 Å². The molecular formula is C6H7N3O2S. The molecule has 0 aliphatic carbocycles. The van der Waals surface area contributed by atoms with Gasteiger partial charge in [0, 0.05) is 6.20 Å². The van der Waals surface area contributed by atoms with Crippen molar-refractivity contribution in [2.45, 2.75) is 0 Å². The van der Waals surface area contributed by atoms with Gasteiger partial charge in [-0.3, -0.25) is 4.98 Å². The Hall–Kier alpha value is -1.30. The van der Waals surface area contributed by atoms with Crippen molar-refractivity contribution >= 4 is 15.7 Å². The third kappa shape index (κ3) is 3.20. The fourth-order valence-corrected chi connectivity index (χ4v) is 0.777. The Bertz CT molecular complexity index is 371. The number of hydrogen-bond acceptors (Lipinski definition) is 4. The van der Waals surface area contributed by atoms with Gasteiger partial charge in [0.2, 0.25) is 0 Å². The lowest BCUT2D eigenvalue weighted by atomic mass is 10.4. The van der Waals surface area contributed by atoms with E-state index in [1.807, 2.05) is 0 Å². The molecule has 0 fully saturated rings. The average Bonchev–Trinajstić information content (AvgIpc) is 2.02. The first-order valence-corrected chi connectivity index (χ1v) is 4.96. The number of nitrogens with zero attached hydrogens (tertiary/aromatic N) is 3. The monoisotopic (exact) mass is 185 g/mol. The topological polar surface area (TPSA) is 71.8 Å². The van der Waals surface area contributed by atoms with Crippen LogP contribution in [-0.2, 0) is 10.0 Å². The minimum atomic E-state index is -3.39. The molecule has 1 heterocycles. The van der Waals surface area contributed by atoms with Gasteiger partial charge in [0.15, 0.2) is 0 Å². The van der Waals surface area contributed by atoms with E-state index in [1.165, 1.54) is 6.20 Å². The lowest BCUT2D eigenvalue weighted by molar-refractivity contribution is 0.601. The van der Waals surface area contributed by atoms with Gasteiger partial charge < -0.3 is 0 Å². The van der Waals surface area contributed by atoms with E-state index in [1.54, 1.807) is 18.3 Å². The van der Waals surface area contributed by atoms with Crippen LogP contribution in [0.25, 0.3) is 0 Å². The molecule has 0 N–H and O–H groups in total. The van der Waals surface area contributed by atoms with Crippen LogP contribution in [0.4, 0.5) is 5.69 Å². The summed E-state index contributed by atoms with van der Waals surface area (Å²) in [5.74, 6) is 0. The van der Waals surface area contributed by atoms with E-state index in [-0.39, 0.29) is 0 Å². The minimum absolute atomic E-state index is 0.419. The maximum atomic E-state index is 10.5. The molecule has 0 unspecified atom stereocenters. The SMILES string of the molecule is CS(=O)(=O)N=Nc1cccnc1. The van der Waals surface area contributed by atoms with Crippen molar-refractivity contribution < 1.29 is 8.42 Å². The highest BCUT2D eigenvalue weighted by molar-refractivity contribution is 7.89. The summed E-state index contributed by atoms with van der Waals surface area (Å²) in [6.07, 6.45) is 3.97. The van der Waals surface area contributed by atoms with E-state index < -0.39 is 10.0 Å². The molecule has 0 atom stereocenters. The molecule has 0 radical (unpaired) electrons. The molecule has 0 bridgehead atoms. The Kier molecular flexibility index (Phi) is 2.49. The van der Waals surface area contributed by atoms with Crippen molar-refractivity contribution in [1.29, 1.82) is 0 Å². The first kappa shape index (κ1) is 8.79. The van der Waals surface area contributed by atoms with Crippen LogP contribution in [0, 0.1) is 0 Å². The largest absolute Gasteiger partial charge is 0.267 e. The number of aromatic nitrogens is 1. The van der Waals surface area contributed by atoms with Gasteiger partial charge in [0.1, 0.15) is 5.69 Å². The summed E-state index contributed by atoms with van der Waals surface area (Å²) in [6, 6.07) is 3.26. The predicted molar refractivity (Wildman–Crippen MR) is 43.6 cm³/mol. The molecule has 5 nitrogen and oxygen atoms in total. The van der Waals surface area contributed by atoms with Gasteiger partial charge in [-0.15, -0.1) is 5.11 Å². The molecule has 0 amide bonds. The summed E-state index contributed by atoms with van der Waals surface area (Å²) < 4.78 is 24.1. The van der Waals surface area contributed by atoms with Gasteiger partial charge in [0.05, 0.1) is 12.5 Å². The smallest absolute Gasteiger partial charge is 0.262 e. The average molecular weight is 185 g/mol. The molecule has 0 spiro atoms. The van der Waals surface area contributed by atoms with Crippen molar-refractivity contribution in [3.05, 3.63) is 24.5 Å². The van der Waals surface area contributed by atoms with E-state index in [0.29, 0.717) is 5.69 Å². The standard InChI is InChI=1S/C6H7N3O2S/c1-12(10,11)9-8-6-3-2-4-7-5-6/h2-5H,1H3. The molecule has 0 aliphatic heterocycles. The normalized spacial score (nSPS) is 12.1. The summed E-state index contributed by atoms with van der Waals surface area (Å²) in [5, 5.41) is 3.45. The van der Waals surface area contributed by atoms with E-state index in [9.17, 15) is 8.42 Å². The maximum Gasteiger partial charge on any atom is 0.267 e. The first-order valence-electron chi connectivity index (χ1n) is 3.11. The van der Waals surface area contributed by atoms with E-state index in [0.717, 1.165) is 6.26 Å². The molecule has 12 heavy (non-hydrogen) atoms. The summed E-state index contributed by atoms with van der Waals surface area (Å²) in [4.78, 5) is 3.74. The molecule has 1 aromatic heterocycles. The van der Waals surface area contributed by atoms with Crippen LogP contribution in [0.2, 0.25) is 0 Å². The molecule has 6 heteroatoms. The second kappa shape index (κ2) is 3.40. The van der Waals surface area contributed by atoms with E-state index >= 15 is 0 Å².